The van der Waals surface area contributed by atoms with Crippen molar-refractivity contribution in [2.24, 2.45) is 0 Å². The van der Waals surface area contributed by atoms with Crippen molar-refractivity contribution in [2.45, 2.75) is 4.90 Å². The number of carbonyl (C=O) groups is 2. The summed E-state index contributed by atoms with van der Waals surface area (Å²) in [6.45, 7) is 0.109. The normalized spacial score (nSPS) is 14.7. The Morgan fingerprint density at radius 1 is 0.941 bits per heavy atom. The molecule has 34 heavy (non-hydrogen) atoms. The van der Waals surface area contributed by atoms with Crippen molar-refractivity contribution in [3.05, 3.63) is 66.2 Å². The van der Waals surface area contributed by atoms with Gasteiger partial charge in [0.05, 0.1) is 12.0 Å². The molecule has 0 saturated carbocycles. The minimum absolute atomic E-state index is 0.0834. The third kappa shape index (κ3) is 4.82. The van der Waals surface area contributed by atoms with Crippen LogP contribution in [0, 0.1) is 0 Å². The topological polar surface area (TPSA) is 113 Å². The number of hydrogen-bond donors (Lipinski definition) is 1. The van der Waals surface area contributed by atoms with E-state index in [-0.39, 0.29) is 42.4 Å². The number of fused-ring (bicyclic) bond motifs is 1. The Hall–Kier alpha value is -3.63. The molecule has 9 nitrogen and oxygen atoms in total. The highest BCUT2D eigenvalue weighted by molar-refractivity contribution is 7.89. The SMILES string of the molecule is COc1ccc(C(=O)OCC(=O)N2CCN(S(=O)(=O)c3ccc4ccccc4c3)CC2)c(O)c1. The van der Waals surface area contributed by atoms with Gasteiger partial charge in [-0.15, -0.1) is 0 Å². The Kier molecular flexibility index (Phi) is 6.71. The standard InChI is InChI=1S/C24H24N2O7S/c1-32-19-7-9-21(22(27)15-19)24(29)33-16-23(28)25-10-12-26(13-11-25)34(30,31)20-8-6-17-4-2-3-5-18(17)14-20/h2-9,14-15,27H,10-13,16H2,1H3. The van der Waals surface area contributed by atoms with Gasteiger partial charge in [0.15, 0.2) is 6.61 Å². The summed E-state index contributed by atoms with van der Waals surface area (Å²) in [4.78, 5) is 26.4. The van der Waals surface area contributed by atoms with Gasteiger partial charge < -0.3 is 19.5 Å². The number of methoxy groups -OCH3 is 1. The lowest BCUT2D eigenvalue weighted by Gasteiger charge is -2.33. The van der Waals surface area contributed by atoms with E-state index in [1.807, 2.05) is 24.3 Å². The molecule has 0 aromatic heterocycles. The van der Waals surface area contributed by atoms with Crippen molar-refractivity contribution >= 4 is 32.7 Å². The third-order valence-electron chi connectivity index (χ3n) is 5.70. The summed E-state index contributed by atoms with van der Waals surface area (Å²) < 4.78 is 37.5. The molecular formula is C24H24N2O7S. The molecule has 0 radical (unpaired) electrons. The van der Waals surface area contributed by atoms with Gasteiger partial charge in [0.1, 0.15) is 17.1 Å². The largest absolute Gasteiger partial charge is 0.507 e. The summed E-state index contributed by atoms with van der Waals surface area (Å²) in [6, 6.07) is 16.6. The predicted octanol–water partition coefficient (Wildman–Crippen LogP) is 2.24. The number of sulfonamides is 1. The molecule has 3 aromatic rings. The number of phenols is 1. The van der Waals surface area contributed by atoms with Crippen LogP contribution in [0.4, 0.5) is 0 Å². The zero-order chi connectivity index (χ0) is 24.3. The van der Waals surface area contributed by atoms with E-state index in [0.29, 0.717) is 5.75 Å². The molecule has 1 N–H and O–H groups in total. The number of nitrogens with zero attached hydrogens (tertiary/aromatic N) is 2. The van der Waals surface area contributed by atoms with Crippen molar-refractivity contribution in [3.63, 3.8) is 0 Å². The van der Waals surface area contributed by atoms with E-state index < -0.39 is 28.5 Å². The van der Waals surface area contributed by atoms with E-state index in [0.717, 1.165) is 10.8 Å². The lowest BCUT2D eigenvalue weighted by atomic mass is 10.1. The number of carbonyl (C=O) groups excluding carboxylic acids is 2. The predicted molar refractivity (Wildman–Crippen MR) is 124 cm³/mol. The number of aromatic hydroxyl groups is 1. The number of hydrogen-bond acceptors (Lipinski definition) is 7. The maximum Gasteiger partial charge on any atom is 0.342 e. The van der Waals surface area contributed by atoms with Crippen LogP contribution in [0.15, 0.2) is 65.6 Å². The molecule has 178 valence electrons. The quantitative estimate of drug-likeness (QED) is 0.534. The van der Waals surface area contributed by atoms with Gasteiger partial charge >= 0.3 is 5.97 Å². The fourth-order valence-electron chi connectivity index (χ4n) is 3.76. The Bertz CT molecular complexity index is 1330. The Labute approximate surface area is 197 Å². The zero-order valence-corrected chi connectivity index (χ0v) is 19.3. The van der Waals surface area contributed by atoms with Gasteiger partial charge in [-0.05, 0) is 35.0 Å². The van der Waals surface area contributed by atoms with Gasteiger partial charge in [0.2, 0.25) is 10.0 Å². The van der Waals surface area contributed by atoms with E-state index in [1.54, 1.807) is 18.2 Å². The molecule has 1 amide bonds. The first-order valence-electron chi connectivity index (χ1n) is 10.6. The van der Waals surface area contributed by atoms with E-state index in [1.165, 1.54) is 34.5 Å². The average Bonchev–Trinajstić information content (AvgIpc) is 2.86. The monoisotopic (exact) mass is 484 g/mol. The number of phenolic OH excluding ortho intramolecular Hbond substituents is 1. The summed E-state index contributed by atoms with van der Waals surface area (Å²) in [7, 11) is -2.27. The van der Waals surface area contributed by atoms with E-state index in [9.17, 15) is 23.1 Å². The highest BCUT2D eigenvalue weighted by atomic mass is 32.2. The van der Waals surface area contributed by atoms with Crippen LogP contribution in [-0.2, 0) is 19.6 Å². The molecule has 1 heterocycles. The van der Waals surface area contributed by atoms with Gasteiger partial charge in [0.25, 0.3) is 5.91 Å². The fraction of sp³-hybridized carbons (Fsp3) is 0.250. The smallest absolute Gasteiger partial charge is 0.342 e. The summed E-state index contributed by atoms with van der Waals surface area (Å²) in [5.74, 6) is -1.22. The maximum absolute atomic E-state index is 13.1. The maximum atomic E-state index is 13.1. The highest BCUT2D eigenvalue weighted by Gasteiger charge is 2.30. The van der Waals surface area contributed by atoms with Crippen LogP contribution in [0.5, 0.6) is 11.5 Å². The molecule has 0 bridgehead atoms. The van der Waals surface area contributed by atoms with Crippen LogP contribution in [0.1, 0.15) is 10.4 Å². The van der Waals surface area contributed by atoms with Crippen molar-refractivity contribution < 1.29 is 32.6 Å². The van der Waals surface area contributed by atoms with E-state index >= 15 is 0 Å². The summed E-state index contributed by atoms with van der Waals surface area (Å²) in [5.41, 5.74) is -0.0834. The average molecular weight is 485 g/mol. The molecule has 4 rings (SSSR count). The van der Waals surface area contributed by atoms with Gasteiger partial charge in [0, 0.05) is 32.2 Å². The Morgan fingerprint density at radius 2 is 1.65 bits per heavy atom. The Balaban J connectivity index is 1.33. The van der Waals surface area contributed by atoms with Crippen molar-refractivity contribution in [1.82, 2.24) is 9.21 Å². The zero-order valence-electron chi connectivity index (χ0n) is 18.5. The molecule has 3 aromatic carbocycles. The molecule has 1 saturated heterocycles. The number of piperazine rings is 1. The Morgan fingerprint density at radius 3 is 2.32 bits per heavy atom. The molecular weight excluding hydrogens is 460 g/mol. The fourth-order valence-corrected chi connectivity index (χ4v) is 5.22. The highest BCUT2D eigenvalue weighted by Crippen LogP contribution is 2.25. The van der Waals surface area contributed by atoms with E-state index in [2.05, 4.69) is 0 Å². The van der Waals surface area contributed by atoms with Gasteiger partial charge in [-0.25, -0.2) is 13.2 Å². The molecule has 0 unspecified atom stereocenters. The van der Waals surface area contributed by atoms with Crippen LogP contribution >= 0.6 is 0 Å². The molecule has 1 aliphatic rings. The number of amides is 1. The van der Waals surface area contributed by atoms with E-state index in [4.69, 9.17) is 9.47 Å². The first-order chi connectivity index (χ1) is 16.3. The van der Waals surface area contributed by atoms with Crippen LogP contribution in [0.25, 0.3) is 10.8 Å². The number of benzene rings is 3. The van der Waals surface area contributed by atoms with Gasteiger partial charge in [-0.2, -0.15) is 4.31 Å². The molecule has 0 aliphatic carbocycles. The van der Waals surface area contributed by atoms with Gasteiger partial charge in [-0.3, -0.25) is 4.79 Å². The number of ether oxygens (including phenoxy) is 2. The molecule has 0 atom stereocenters. The van der Waals surface area contributed by atoms with Crippen LogP contribution < -0.4 is 4.74 Å². The third-order valence-corrected chi connectivity index (χ3v) is 7.60. The molecule has 1 fully saturated rings. The van der Waals surface area contributed by atoms with Crippen LogP contribution in [0.2, 0.25) is 0 Å². The summed E-state index contributed by atoms with van der Waals surface area (Å²) >= 11 is 0. The molecule has 1 aliphatic heterocycles. The van der Waals surface area contributed by atoms with Gasteiger partial charge in [-0.1, -0.05) is 30.3 Å². The summed E-state index contributed by atoms with van der Waals surface area (Å²) in [6.07, 6.45) is 0. The minimum atomic E-state index is -3.70. The lowest BCUT2D eigenvalue weighted by Crippen LogP contribution is -2.51. The summed E-state index contributed by atoms with van der Waals surface area (Å²) in [5, 5.41) is 11.7. The van der Waals surface area contributed by atoms with Crippen LogP contribution in [-0.4, -0.2) is 74.5 Å². The lowest BCUT2D eigenvalue weighted by molar-refractivity contribution is -0.135. The van der Waals surface area contributed by atoms with Crippen LogP contribution in [0.3, 0.4) is 0 Å². The minimum Gasteiger partial charge on any atom is -0.507 e. The molecule has 0 spiro atoms. The second-order valence-electron chi connectivity index (χ2n) is 7.75. The number of rotatable bonds is 6. The first kappa shape index (κ1) is 23.5. The second-order valence-corrected chi connectivity index (χ2v) is 9.69. The first-order valence-corrected chi connectivity index (χ1v) is 12.0. The van der Waals surface area contributed by atoms with Crippen molar-refractivity contribution in [2.75, 3.05) is 39.9 Å². The van der Waals surface area contributed by atoms with Crippen molar-refractivity contribution in [1.29, 1.82) is 0 Å². The molecule has 10 heteroatoms. The van der Waals surface area contributed by atoms with Crippen molar-refractivity contribution in [3.8, 4) is 11.5 Å². The second kappa shape index (κ2) is 9.70. The number of esters is 1.